The molecular weight excluding hydrogens is 330 g/mol. The number of aromatic nitrogens is 2. The van der Waals surface area contributed by atoms with Gasteiger partial charge in [-0.2, -0.15) is 5.10 Å². The summed E-state index contributed by atoms with van der Waals surface area (Å²) < 4.78 is 0. The molecule has 2 aromatic heterocycles. The van der Waals surface area contributed by atoms with Crippen LogP contribution in [0.1, 0.15) is 5.56 Å². The number of hydrogen-bond acceptors (Lipinski definition) is 5. The molecular formula is C19H19N5S. The molecule has 0 radical (unpaired) electrons. The number of nitrogens with two attached hydrogens (primary N) is 2. The van der Waals surface area contributed by atoms with Crippen molar-refractivity contribution in [3.8, 4) is 21.0 Å². The van der Waals surface area contributed by atoms with Gasteiger partial charge in [0.2, 0.25) is 0 Å². The van der Waals surface area contributed by atoms with Crippen LogP contribution in [-0.2, 0) is 6.42 Å². The molecule has 0 amide bonds. The quantitative estimate of drug-likeness (QED) is 0.676. The fraction of sp³-hybridized carbons (Fsp3) is 0.158. The third kappa shape index (κ3) is 3.19. The number of rotatable bonds is 4. The minimum absolute atomic E-state index is 0.421. The maximum Gasteiger partial charge on any atom is 0.119 e. The highest BCUT2D eigenvalue weighted by Gasteiger charge is 2.31. The van der Waals surface area contributed by atoms with Gasteiger partial charge in [-0.3, -0.25) is 10.1 Å². The number of aromatic amines is 1. The van der Waals surface area contributed by atoms with E-state index in [1.807, 2.05) is 18.2 Å². The number of allylic oxidation sites excluding steroid dienone is 1. The third-order valence-corrected chi connectivity index (χ3v) is 5.55. The van der Waals surface area contributed by atoms with Gasteiger partial charge in [-0.05, 0) is 41.8 Å². The molecule has 25 heavy (non-hydrogen) atoms. The van der Waals surface area contributed by atoms with Crippen molar-refractivity contribution in [2.24, 2.45) is 16.5 Å². The number of aliphatic imine (C=N–C) groups is 1. The van der Waals surface area contributed by atoms with E-state index < -0.39 is 11.7 Å². The highest BCUT2D eigenvalue weighted by molar-refractivity contribution is 7.18. The van der Waals surface area contributed by atoms with Crippen LogP contribution in [0, 0.1) is 0 Å². The van der Waals surface area contributed by atoms with Gasteiger partial charge >= 0.3 is 0 Å². The Kier molecular flexibility index (Phi) is 4.09. The number of nitrogens with zero attached hydrogens (tertiary/aromatic N) is 2. The first-order chi connectivity index (χ1) is 12.1. The lowest BCUT2D eigenvalue weighted by Crippen LogP contribution is -2.55. The molecule has 126 valence electrons. The number of nitrogens with one attached hydrogen (secondary N) is 1. The van der Waals surface area contributed by atoms with Gasteiger partial charge in [0.1, 0.15) is 6.17 Å². The van der Waals surface area contributed by atoms with Crippen LogP contribution in [0.15, 0.2) is 65.8 Å². The largest absolute Gasteiger partial charge is 0.319 e. The molecule has 0 saturated heterocycles. The molecule has 2 unspecified atom stereocenters. The van der Waals surface area contributed by atoms with Crippen molar-refractivity contribution in [2.75, 3.05) is 0 Å². The smallest absolute Gasteiger partial charge is 0.119 e. The molecule has 1 aliphatic rings. The molecule has 6 heteroatoms. The average molecular weight is 349 g/mol. The van der Waals surface area contributed by atoms with Gasteiger partial charge in [0.25, 0.3) is 0 Å². The fourth-order valence-electron chi connectivity index (χ4n) is 2.98. The molecule has 3 heterocycles. The van der Waals surface area contributed by atoms with Crippen molar-refractivity contribution in [2.45, 2.75) is 18.1 Å². The zero-order valence-corrected chi connectivity index (χ0v) is 14.4. The normalized spacial score (nSPS) is 22.4. The van der Waals surface area contributed by atoms with E-state index >= 15 is 0 Å². The van der Waals surface area contributed by atoms with Crippen LogP contribution in [0.4, 0.5) is 0 Å². The summed E-state index contributed by atoms with van der Waals surface area (Å²) in [4.78, 5) is 6.60. The highest BCUT2D eigenvalue weighted by Crippen LogP contribution is 2.34. The van der Waals surface area contributed by atoms with Crippen LogP contribution in [0.3, 0.4) is 0 Å². The number of hydrogen-bond donors (Lipinski definition) is 3. The number of benzene rings is 1. The Morgan fingerprint density at radius 2 is 2.04 bits per heavy atom. The van der Waals surface area contributed by atoms with Crippen LogP contribution in [0.5, 0.6) is 0 Å². The molecule has 1 aliphatic heterocycles. The zero-order chi connectivity index (χ0) is 17.3. The first-order valence-electron chi connectivity index (χ1n) is 8.08. The summed E-state index contributed by atoms with van der Waals surface area (Å²) in [6.07, 6.45) is 7.50. The molecule has 0 spiro atoms. The van der Waals surface area contributed by atoms with Gasteiger partial charge in [0.05, 0.1) is 16.1 Å². The molecule has 3 aromatic rings. The van der Waals surface area contributed by atoms with Crippen LogP contribution in [-0.4, -0.2) is 28.1 Å². The molecule has 2 atom stereocenters. The molecule has 0 fully saturated rings. The van der Waals surface area contributed by atoms with Crippen molar-refractivity contribution in [1.29, 1.82) is 0 Å². The Hall–Kier alpha value is -2.54. The molecule has 1 aromatic carbocycles. The summed E-state index contributed by atoms with van der Waals surface area (Å²) >= 11 is 1.73. The highest BCUT2D eigenvalue weighted by atomic mass is 32.1. The number of dihydropyridines is 1. The van der Waals surface area contributed by atoms with Crippen LogP contribution in [0.2, 0.25) is 0 Å². The van der Waals surface area contributed by atoms with Gasteiger partial charge < -0.3 is 11.5 Å². The number of H-pyrrole nitrogens is 1. The molecule has 4 rings (SSSR count). The van der Waals surface area contributed by atoms with Crippen molar-refractivity contribution >= 4 is 17.6 Å². The second kappa shape index (κ2) is 6.40. The van der Waals surface area contributed by atoms with Gasteiger partial charge in [-0.25, -0.2) is 0 Å². The standard InChI is InChI=1S/C19H19N5S/c20-18-19(21,8-2-9-22-18)12-13-3-1-4-14(11-13)16-5-6-17(25-16)15-7-10-23-24-15/h1-11,18H,12,20-21H2,(H,23,24). The average Bonchev–Trinajstić information content (AvgIpc) is 3.29. The summed E-state index contributed by atoms with van der Waals surface area (Å²) in [5.74, 6) is 0. The second-order valence-electron chi connectivity index (χ2n) is 6.23. The van der Waals surface area contributed by atoms with Crippen LogP contribution in [0.25, 0.3) is 21.0 Å². The van der Waals surface area contributed by atoms with Gasteiger partial charge in [0, 0.05) is 17.3 Å². The van der Waals surface area contributed by atoms with E-state index in [0.717, 1.165) is 11.3 Å². The molecule has 5 N–H and O–H groups in total. The van der Waals surface area contributed by atoms with Gasteiger partial charge in [-0.15, -0.1) is 11.3 Å². The first kappa shape index (κ1) is 16.0. The lowest BCUT2D eigenvalue weighted by atomic mass is 9.87. The SMILES string of the molecule is NC1N=CC=CC1(N)Cc1cccc(-c2ccc(-c3ccn[nH]3)s2)c1. The van der Waals surface area contributed by atoms with E-state index in [1.165, 1.54) is 15.3 Å². The minimum Gasteiger partial charge on any atom is -0.319 e. The number of thiophene rings is 1. The van der Waals surface area contributed by atoms with E-state index in [0.29, 0.717) is 6.42 Å². The Morgan fingerprint density at radius 1 is 1.16 bits per heavy atom. The maximum absolute atomic E-state index is 6.46. The summed E-state index contributed by atoms with van der Waals surface area (Å²) in [6, 6.07) is 14.7. The lowest BCUT2D eigenvalue weighted by Gasteiger charge is -2.31. The first-order valence-corrected chi connectivity index (χ1v) is 8.90. The van der Waals surface area contributed by atoms with Crippen LogP contribution < -0.4 is 11.5 Å². The van der Waals surface area contributed by atoms with E-state index in [1.54, 1.807) is 23.7 Å². The Bertz CT molecular complexity index is 925. The summed E-state index contributed by atoms with van der Waals surface area (Å²) in [7, 11) is 0. The second-order valence-corrected chi connectivity index (χ2v) is 7.31. The Morgan fingerprint density at radius 3 is 2.84 bits per heavy atom. The van der Waals surface area contributed by atoms with Crippen molar-refractivity contribution in [1.82, 2.24) is 10.2 Å². The summed E-state index contributed by atoms with van der Waals surface area (Å²) in [5.41, 5.74) is 15.2. The fourth-order valence-corrected chi connectivity index (χ4v) is 3.96. The predicted octanol–water partition coefficient (Wildman–Crippen LogP) is 2.97. The predicted molar refractivity (Wildman–Crippen MR) is 104 cm³/mol. The van der Waals surface area contributed by atoms with E-state index in [4.69, 9.17) is 11.5 Å². The maximum atomic E-state index is 6.46. The zero-order valence-electron chi connectivity index (χ0n) is 13.6. The molecule has 0 bridgehead atoms. The van der Waals surface area contributed by atoms with Crippen molar-refractivity contribution in [3.05, 3.63) is 66.4 Å². The topological polar surface area (TPSA) is 93.1 Å². The molecule has 0 saturated carbocycles. The minimum atomic E-state index is -0.649. The molecule has 0 aliphatic carbocycles. The molecule has 5 nitrogen and oxygen atoms in total. The van der Waals surface area contributed by atoms with E-state index in [9.17, 15) is 0 Å². The summed E-state index contributed by atoms with van der Waals surface area (Å²) in [5, 5.41) is 7.02. The Labute approximate surface area is 150 Å². The Balaban J connectivity index is 1.60. The van der Waals surface area contributed by atoms with Crippen molar-refractivity contribution in [3.63, 3.8) is 0 Å². The van der Waals surface area contributed by atoms with Crippen LogP contribution >= 0.6 is 11.3 Å². The summed E-state index contributed by atoms with van der Waals surface area (Å²) in [6.45, 7) is 0. The lowest BCUT2D eigenvalue weighted by molar-refractivity contribution is 0.426. The van der Waals surface area contributed by atoms with E-state index in [2.05, 4.69) is 51.6 Å². The van der Waals surface area contributed by atoms with E-state index in [-0.39, 0.29) is 0 Å². The third-order valence-electron chi connectivity index (χ3n) is 4.38. The monoisotopic (exact) mass is 349 g/mol. The van der Waals surface area contributed by atoms with Gasteiger partial charge in [-0.1, -0.05) is 30.3 Å². The van der Waals surface area contributed by atoms with Crippen molar-refractivity contribution < 1.29 is 0 Å². The van der Waals surface area contributed by atoms with Gasteiger partial charge in [0.15, 0.2) is 0 Å².